The molecule has 2 aromatic carbocycles. The molecule has 0 saturated heterocycles. The van der Waals surface area contributed by atoms with E-state index in [2.05, 4.69) is 0 Å². The Labute approximate surface area is 153 Å². The quantitative estimate of drug-likeness (QED) is 0.753. The van der Waals surface area contributed by atoms with Gasteiger partial charge in [0.15, 0.2) is 0 Å². The molecule has 1 heterocycles. The Morgan fingerprint density at radius 1 is 1.00 bits per heavy atom. The first kappa shape index (κ1) is 17.9. The molecule has 134 valence electrons. The smallest absolute Gasteiger partial charge is 0.261 e. The van der Waals surface area contributed by atoms with Crippen molar-refractivity contribution in [1.82, 2.24) is 9.80 Å². The number of nitrogens with zero attached hydrogens (tertiary/aromatic N) is 2. The van der Waals surface area contributed by atoms with Crippen molar-refractivity contribution < 1.29 is 14.4 Å². The molecular weight excluding hydrogens is 328 g/mol. The molecule has 1 aliphatic heterocycles. The summed E-state index contributed by atoms with van der Waals surface area (Å²) in [5, 5.41) is 0. The van der Waals surface area contributed by atoms with Crippen LogP contribution in [-0.4, -0.2) is 40.6 Å². The average molecular weight is 350 g/mol. The van der Waals surface area contributed by atoms with Gasteiger partial charge in [0, 0.05) is 26.1 Å². The Kier molecular flexibility index (Phi) is 5.16. The van der Waals surface area contributed by atoms with Crippen LogP contribution in [0.3, 0.4) is 0 Å². The molecule has 0 fully saturated rings. The zero-order chi connectivity index (χ0) is 18.7. The Morgan fingerprint density at radius 2 is 1.69 bits per heavy atom. The largest absolute Gasteiger partial charge is 0.339 e. The summed E-state index contributed by atoms with van der Waals surface area (Å²) in [6.07, 6.45) is 0.130. The van der Waals surface area contributed by atoms with E-state index in [1.807, 2.05) is 50.2 Å². The summed E-state index contributed by atoms with van der Waals surface area (Å²) in [4.78, 5) is 40.4. The van der Waals surface area contributed by atoms with Crippen molar-refractivity contribution in [2.24, 2.45) is 0 Å². The second-order valence-corrected chi connectivity index (χ2v) is 6.45. The van der Waals surface area contributed by atoms with E-state index in [1.54, 1.807) is 17.0 Å². The average Bonchev–Trinajstić information content (AvgIpc) is 2.88. The number of imide groups is 1. The van der Waals surface area contributed by atoms with E-state index in [1.165, 1.54) is 4.90 Å². The number of amides is 3. The molecule has 0 saturated carbocycles. The maximum absolute atomic E-state index is 12.6. The minimum absolute atomic E-state index is 0.0657. The minimum atomic E-state index is -0.316. The number of rotatable bonds is 6. The number of fused-ring (bicyclic) bond motifs is 1. The zero-order valence-electron chi connectivity index (χ0n) is 15.1. The SMILES string of the molecule is CCN(Cc1ccccc1)C(=O)CCN1C(=O)c2ccc(C)cc2C1=O. The van der Waals surface area contributed by atoms with Crippen LogP contribution in [0, 0.1) is 6.92 Å². The normalized spacial score (nSPS) is 13.1. The van der Waals surface area contributed by atoms with Gasteiger partial charge in [-0.1, -0.05) is 42.0 Å². The second-order valence-electron chi connectivity index (χ2n) is 6.45. The van der Waals surface area contributed by atoms with Crippen LogP contribution in [0.5, 0.6) is 0 Å². The zero-order valence-corrected chi connectivity index (χ0v) is 15.1. The fraction of sp³-hybridized carbons (Fsp3) is 0.286. The Balaban J connectivity index is 1.64. The van der Waals surface area contributed by atoms with E-state index < -0.39 is 0 Å². The minimum Gasteiger partial charge on any atom is -0.339 e. The predicted molar refractivity (Wildman–Crippen MR) is 98.7 cm³/mol. The molecule has 5 heteroatoms. The van der Waals surface area contributed by atoms with Crippen molar-refractivity contribution >= 4 is 17.7 Å². The number of benzene rings is 2. The second kappa shape index (κ2) is 7.52. The highest BCUT2D eigenvalue weighted by molar-refractivity contribution is 6.21. The van der Waals surface area contributed by atoms with Crippen molar-refractivity contribution in [2.45, 2.75) is 26.8 Å². The van der Waals surface area contributed by atoms with Gasteiger partial charge in [-0.05, 0) is 31.5 Å². The summed E-state index contributed by atoms with van der Waals surface area (Å²) in [6.45, 7) is 5.01. The molecule has 5 nitrogen and oxygen atoms in total. The van der Waals surface area contributed by atoms with Gasteiger partial charge in [-0.2, -0.15) is 0 Å². The van der Waals surface area contributed by atoms with Gasteiger partial charge in [-0.25, -0.2) is 0 Å². The Bertz CT molecular complexity index is 846. The van der Waals surface area contributed by atoms with E-state index in [9.17, 15) is 14.4 Å². The molecule has 1 aliphatic rings. The summed E-state index contributed by atoms with van der Waals surface area (Å²) in [5.41, 5.74) is 2.84. The van der Waals surface area contributed by atoms with E-state index in [4.69, 9.17) is 0 Å². The van der Waals surface area contributed by atoms with Crippen LogP contribution in [0.4, 0.5) is 0 Å². The van der Waals surface area contributed by atoms with Gasteiger partial charge in [-0.3, -0.25) is 19.3 Å². The number of aryl methyl sites for hydroxylation is 1. The molecule has 0 radical (unpaired) electrons. The Hall–Kier alpha value is -2.95. The maximum atomic E-state index is 12.6. The lowest BCUT2D eigenvalue weighted by Gasteiger charge is -2.22. The van der Waals surface area contributed by atoms with Gasteiger partial charge < -0.3 is 4.90 Å². The molecule has 0 spiro atoms. The van der Waals surface area contributed by atoms with Crippen LogP contribution in [0.2, 0.25) is 0 Å². The third-order valence-electron chi connectivity index (χ3n) is 4.63. The molecular formula is C21H22N2O3. The fourth-order valence-electron chi connectivity index (χ4n) is 3.15. The number of hydrogen-bond donors (Lipinski definition) is 0. The molecule has 0 unspecified atom stereocenters. The van der Waals surface area contributed by atoms with Gasteiger partial charge in [0.25, 0.3) is 11.8 Å². The number of carbonyl (C=O) groups is 3. The van der Waals surface area contributed by atoms with E-state index in [0.29, 0.717) is 24.2 Å². The van der Waals surface area contributed by atoms with Gasteiger partial charge in [0.1, 0.15) is 0 Å². The summed E-state index contributed by atoms with van der Waals surface area (Å²) < 4.78 is 0. The van der Waals surface area contributed by atoms with Gasteiger partial charge in [-0.15, -0.1) is 0 Å². The van der Waals surface area contributed by atoms with Crippen molar-refractivity contribution in [3.63, 3.8) is 0 Å². The van der Waals surface area contributed by atoms with Crippen molar-refractivity contribution in [2.75, 3.05) is 13.1 Å². The lowest BCUT2D eigenvalue weighted by atomic mass is 10.1. The van der Waals surface area contributed by atoms with Crippen LogP contribution in [0.25, 0.3) is 0 Å². The fourth-order valence-corrected chi connectivity index (χ4v) is 3.15. The maximum Gasteiger partial charge on any atom is 0.261 e. The molecule has 0 bridgehead atoms. The van der Waals surface area contributed by atoms with E-state index in [0.717, 1.165) is 11.1 Å². The lowest BCUT2D eigenvalue weighted by molar-refractivity contribution is -0.131. The van der Waals surface area contributed by atoms with Crippen molar-refractivity contribution in [1.29, 1.82) is 0 Å². The summed E-state index contributed by atoms with van der Waals surface area (Å²) in [7, 11) is 0. The monoisotopic (exact) mass is 350 g/mol. The summed E-state index contributed by atoms with van der Waals surface area (Å²) >= 11 is 0. The molecule has 0 N–H and O–H groups in total. The highest BCUT2D eigenvalue weighted by atomic mass is 16.2. The molecule has 3 amide bonds. The molecule has 26 heavy (non-hydrogen) atoms. The molecule has 0 aromatic heterocycles. The third kappa shape index (κ3) is 3.52. The Morgan fingerprint density at radius 3 is 2.38 bits per heavy atom. The molecule has 3 rings (SSSR count). The van der Waals surface area contributed by atoms with Gasteiger partial charge in [0.2, 0.25) is 5.91 Å². The van der Waals surface area contributed by atoms with Gasteiger partial charge in [0.05, 0.1) is 11.1 Å². The number of hydrogen-bond acceptors (Lipinski definition) is 3. The lowest BCUT2D eigenvalue weighted by Crippen LogP contribution is -2.36. The highest BCUT2D eigenvalue weighted by Crippen LogP contribution is 2.24. The van der Waals surface area contributed by atoms with Crippen LogP contribution >= 0.6 is 0 Å². The topological polar surface area (TPSA) is 57.7 Å². The first-order valence-corrected chi connectivity index (χ1v) is 8.79. The molecule has 2 aromatic rings. The predicted octanol–water partition coefficient (Wildman–Crippen LogP) is 3.03. The molecule has 0 aliphatic carbocycles. The van der Waals surface area contributed by atoms with E-state index >= 15 is 0 Å². The van der Waals surface area contributed by atoms with Crippen LogP contribution in [0.15, 0.2) is 48.5 Å². The third-order valence-corrected chi connectivity index (χ3v) is 4.63. The first-order valence-electron chi connectivity index (χ1n) is 8.79. The van der Waals surface area contributed by atoms with Crippen LogP contribution < -0.4 is 0 Å². The highest BCUT2D eigenvalue weighted by Gasteiger charge is 2.35. The van der Waals surface area contributed by atoms with Crippen LogP contribution in [-0.2, 0) is 11.3 Å². The van der Waals surface area contributed by atoms with Crippen molar-refractivity contribution in [3.8, 4) is 0 Å². The summed E-state index contributed by atoms with van der Waals surface area (Å²) in [6, 6.07) is 15.0. The summed E-state index contributed by atoms with van der Waals surface area (Å²) in [5.74, 6) is -0.694. The first-order chi connectivity index (χ1) is 12.5. The molecule has 0 atom stereocenters. The van der Waals surface area contributed by atoms with Crippen LogP contribution in [0.1, 0.15) is 45.2 Å². The number of carbonyl (C=O) groups excluding carboxylic acids is 3. The standard InChI is InChI=1S/C21H22N2O3/c1-3-22(14-16-7-5-4-6-8-16)19(24)11-12-23-20(25)17-10-9-15(2)13-18(17)21(23)26/h4-10,13H,3,11-12,14H2,1-2H3. The van der Waals surface area contributed by atoms with Gasteiger partial charge >= 0.3 is 0 Å². The van der Waals surface area contributed by atoms with Crippen molar-refractivity contribution in [3.05, 3.63) is 70.8 Å². The van der Waals surface area contributed by atoms with E-state index in [-0.39, 0.29) is 30.7 Å².